The number of fused-ring (bicyclic) bond motifs is 1. The molecule has 0 saturated carbocycles. The maximum absolute atomic E-state index is 12.8. The van der Waals surface area contributed by atoms with E-state index >= 15 is 0 Å². The summed E-state index contributed by atoms with van der Waals surface area (Å²) in [5, 5.41) is 3.85. The van der Waals surface area contributed by atoms with E-state index in [-0.39, 0.29) is 5.56 Å². The van der Waals surface area contributed by atoms with Crippen LogP contribution in [0.15, 0.2) is 29.1 Å². The van der Waals surface area contributed by atoms with Crippen molar-refractivity contribution < 1.29 is 0 Å². The molecule has 0 aliphatic rings. The third kappa shape index (κ3) is 2.79. The van der Waals surface area contributed by atoms with Crippen LogP contribution in [-0.4, -0.2) is 14.6 Å². The minimum atomic E-state index is 0.00395. The minimum absolute atomic E-state index is 0.00395. The fourth-order valence-corrected chi connectivity index (χ4v) is 3.05. The van der Waals surface area contributed by atoms with Gasteiger partial charge in [-0.1, -0.05) is 37.1 Å². The largest absolute Gasteiger partial charge is 0.293 e. The number of rotatable bonds is 4. The molecule has 3 aromatic rings. The van der Waals surface area contributed by atoms with E-state index in [4.69, 9.17) is 16.6 Å². The van der Waals surface area contributed by atoms with Gasteiger partial charge in [-0.3, -0.25) is 9.89 Å². The highest BCUT2D eigenvalue weighted by molar-refractivity contribution is 6.30. The highest BCUT2D eigenvalue weighted by atomic mass is 35.5. The number of nitrogens with zero attached hydrogens (tertiary/aromatic N) is 2. The van der Waals surface area contributed by atoms with Gasteiger partial charge in [0, 0.05) is 27.5 Å². The van der Waals surface area contributed by atoms with Crippen LogP contribution >= 0.6 is 11.6 Å². The van der Waals surface area contributed by atoms with E-state index in [9.17, 15) is 4.79 Å². The molecule has 0 saturated heterocycles. The van der Waals surface area contributed by atoms with E-state index in [0.29, 0.717) is 10.7 Å². The van der Waals surface area contributed by atoms with Crippen LogP contribution in [0.5, 0.6) is 0 Å². The predicted molar refractivity (Wildman–Crippen MR) is 94.3 cm³/mol. The Kier molecular flexibility index (Phi) is 4.26. The summed E-state index contributed by atoms with van der Waals surface area (Å²) in [5.74, 6) is 0. The van der Waals surface area contributed by atoms with Crippen molar-refractivity contribution in [1.82, 2.24) is 14.6 Å². The van der Waals surface area contributed by atoms with Crippen molar-refractivity contribution in [3.05, 3.63) is 56.6 Å². The van der Waals surface area contributed by atoms with Gasteiger partial charge in [0.1, 0.15) is 0 Å². The van der Waals surface area contributed by atoms with E-state index in [2.05, 4.69) is 12.0 Å². The summed E-state index contributed by atoms with van der Waals surface area (Å²) in [5.41, 5.74) is 5.16. The molecule has 0 radical (unpaired) electrons. The van der Waals surface area contributed by atoms with E-state index in [1.807, 2.05) is 38.1 Å². The average Bonchev–Trinajstić information content (AvgIpc) is 2.85. The number of unbranched alkanes of at least 4 members (excludes halogenated alkanes) is 1. The quantitative estimate of drug-likeness (QED) is 0.775. The van der Waals surface area contributed by atoms with Gasteiger partial charge in [-0.2, -0.15) is 0 Å². The SMILES string of the molecule is CCCCc1c(C)nc2c(-c3ccc(Cl)cc3)c(C)[nH]n2c1=O. The van der Waals surface area contributed by atoms with Gasteiger partial charge in [-0.15, -0.1) is 0 Å². The number of hydrogen-bond acceptors (Lipinski definition) is 2. The molecule has 0 unspecified atom stereocenters. The summed E-state index contributed by atoms with van der Waals surface area (Å²) in [4.78, 5) is 17.5. The fourth-order valence-electron chi connectivity index (χ4n) is 2.93. The summed E-state index contributed by atoms with van der Waals surface area (Å²) >= 11 is 5.97. The van der Waals surface area contributed by atoms with Crippen molar-refractivity contribution in [3.63, 3.8) is 0 Å². The molecule has 0 bridgehead atoms. The van der Waals surface area contributed by atoms with Crippen LogP contribution in [-0.2, 0) is 6.42 Å². The Balaban J connectivity index is 2.23. The Labute approximate surface area is 140 Å². The molecule has 0 atom stereocenters. The monoisotopic (exact) mass is 329 g/mol. The normalized spacial score (nSPS) is 11.3. The van der Waals surface area contributed by atoms with Crippen LogP contribution in [0, 0.1) is 13.8 Å². The fraction of sp³-hybridized carbons (Fsp3) is 0.333. The topological polar surface area (TPSA) is 50.2 Å². The summed E-state index contributed by atoms with van der Waals surface area (Å²) in [6, 6.07) is 7.59. The van der Waals surface area contributed by atoms with Crippen LogP contribution in [0.1, 0.15) is 36.7 Å². The smallest absolute Gasteiger partial charge is 0.276 e. The van der Waals surface area contributed by atoms with Crippen molar-refractivity contribution >= 4 is 17.2 Å². The maximum Gasteiger partial charge on any atom is 0.276 e. The lowest BCUT2D eigenvalue weighted by Gasteiger charge is -2.06. The van der Waals surface area contributed by atoms with Gasteiger partial charge in [0.25, 0.3) is 5.56 Å². The zero-order valence-electron chi connectivity index (χ0n) is 13.6. The Morgan fingerprint density at radius 1 is 1.22 bits per heavy atom. The lowest BCUT2D eigenvalue weighted by molar-refractivity contribution is 0.757. The van der Waals surface area contributed by atoms with Gasteiger partial charge >= 0.3 is 0 Å². The predicted octanol–water partition coefficient (Wildman–Crippen LogP) is 4.30. The second-order valence-electron chi connectivity index (χ2n) is 5.86. The second-order valence-corrected chi connectivity index (χ2v) is 6.30. The summed E-state index contributed by atoms with van der Waals surface area (Å²) in [6.45, 7) is 6.00. The lowest BCUT2D eigenvalue weighted by Crippen LogP contribution is -2.22. The molecule has 5 heteroatoms. The van der Waals surface area contributed by atoms with E-state index < -0.39 is 0 Å². The number of H-pyrrole nitrogens is 1. The van der Waals surface area contributed by atoms with Crippen LogP contribution in [0.2, 0.25) is 5.02 Å². The third-order valence-electron chi connectivity index (χ3n) is 4.17. The lowest BCUT2D eigenvalue weighted by atomic mass is 10.1. The molecule has 2 aromatic heterocycles. The summed E-state index contributed by atoms with van der Waals surface area (Å²) in [7, 11) is 0. The Morgan fingerprint density at radius 3 is 2.57 bits per heavy atom. The highest BCUT2D eigenvalue weighted by Gasteiger charge is 2.17. The molecule has 2 heterocycles. The standard InChI is InChI=1S/C18H20ClN3O/c1-4-5-6-15-11(2)20-17-16(12(3)21-22(17)18(15)23)13-7-9-14(19)10-8-13/h7-10,21H,4-6H2,1-3H3. The first kappa shape index (κ1) is 15.8. The first-order chi connectivity index (χ1) is 11.0. The van der Waals surface area contributed by atoms with E-state index in [1.165, 1.54) is 0 Å². The number of aromatic amines is 1. The van der Waals surface area contributed by atoms with Crippen molar-refractivity contribution in [2.75, 3.05) is 0 Å². The maximum atomic E-state index is 12.8. The second kappa shape index (κ2) is 6.20. The number of aryl methyl sites for hydroxylation is 2. The first-order valence-corrected chi connectivity index (χ1v) is 8.27. The molecule has 0 aliphatic heterocycles. The van der Waals surface area contributed by atoms with Crippen molar-refractivity contribution in [2.45, 2.75) is 40.0 Å². The number of halogens is 1. The zero-order chi connectivity index (χ0) is 16.6. The molecule has 4 nitrogen and oxygen atoms in total. The third-order valence-corrected chi connectivity index (χ3v) is 4.43. The van der Waals surface area contributed by atoms with Gasteiger partial charge in [-0.05, 0) is 44.4 Å². The van der Waals surface area contributed by atoms with Gasteiger partial charge in [0.2, 0.25) is 0 Å². The summed E-state index contributed by atoms with van der Waals surface area (Å²) in [6.07, 6.45) is 2.82. The zero-order valence-corrected chi connectivity index (χ0v) is 14.4. The van der Waals surface area contributed by atoms with Gasteiger partial charge in [0.15, 0.2) is 5.65 Å². The molecule has 0 amide bonds. The summed E-state index contributed by atoms with van der Waals surface area (Å²) < 4.78 is 1.57. The van der Waals surface area contributed by atoms with Gasteiger partial charge < -0.3 is 0 Å². The number of aromatic nitrogens is 3. The van der Waals surface area contributed by atoms with Crippen LogP contribution in [0.3, 0.4) is 0 Å². The molecule has 23 heavy (non-hydrogen) atoms. The van der Waals surface area contributed by atoms with Crippen LogP contribution in [0.4, 0.5) is 0 Å². The van der Waals surface area contributed by atoms with E-state index in [1.54, 1.807) is 4.52 Å². The van der Waals surface area contributed by atoms with Gasteiger partial charge in [-0.25, -0.2) is 9.50 Å². The number of benzene rings is 1. The van der Waals surface area contributed by atoms with E-state index in [0.717, 1.165) is 47.3 Å². The molecular formula is C18H20ClN3O. The molecule has 0 aliphatic carbocycles. The molecule has 1 N–H and O–H groups in total. The average molecular weight is 330 g/mol. The van der Waals surface area contributed by atoms with Crippen molar-refractivity contribution in [2.24, 2.45) is 0 Å². The Morgan fingerprint density at radius 2 is 1.91 bits per heavy atom. The van der Waals surface area contributed by atoms with Crippen molar-refractivity contribution in [1.29, 1.82) is 0 Å². The van der Waals surface area contributed by atoms with Gasteiger partial charge in [0.05, 0.1) is 0 Å². The minimum Gasteiger partial charge on any atom is -0.293 e. The first-order valence-electron chi connectivity index (χ1n) is 7.89. The van der Waals surface area contributed by atoms with Crippen LogP contribution < -0.4 is 5.56 Å². The molecule has 120 valence electrons. The Bertz CT molecular complexity index is 907. The number of nitrogens with one attached hydrogen (secondary N) is 1. The molecule has 0 spiro atoms. The molecule has 3 rings (SSSR count). The Hall–Kier alpha value is -2.07. The molecule has 0 fully saturated rings. The molecule has 1 aromatic carbocycles. The van der Waals surface area contributed by atoms with Crippen LogP contribution in [0.25, 0.3) is 16.8 Å². The number of hydrogen-bond donors (Lipinski definition) is 1. The highest BCUT2D eigenvalue weighted by Crippen LogP contribution is 2.28. The van der Waals surface area contributed by atoms with Crippen molar-refractivity contribution in [3.8, 4) is 11.1 Å². The molecular weight excluding hydrogens is 310 g/mol.